The summed E-state index contributed by atoms with van der Waals surface area (Å²) < 4.78 is 0.919. The van der Waals surface area contributed by atoms with Crippen molar-refractivity contribution in [3.05, 3.63) is 49.6 Å². The highest BCUT2D eigenvalue weighted by Crippen LogP contribution is 2.33. The van der Waals surface area contributed by atoms with Gasteiger partial charge in [0.1, 0.15) is 0 Å². The molecular formula is C13H13BrClNS. The van der Waals surface area contributed by atoms with Crippen LogP contribution in [0.25, 0.3) is 0 Å². The van der Waals surface area contributed by atoms with Gasteiger partial charge in [0.05, 0.1) is 21.2 Å². The minimum atomic E-state index is 0.282. The Morgan fingerprint density at radius 2 is 2.12 bits per heavy atom. The predicted octanol–water partition coefficient (Wildman–Crippen LogP) is 5.65. The predicted molar refractivity (Wildman–Crippen MR) is 80.2 cm³/mol. The van der Waals surface area contributed by atoms with Gasteiger partial charge in [0.25, 0.3) is 0 Å². The van der Waals surface area contributed by atoms with Gasteiger partial charge in [-0.1, -0.05) is 17.7 Å². The van der Waals surface area contributed by atoms with E-state index in [9.17, 15) is 0 Å². The Kier molecular flexibility index (Phi) is 4.13. The third-order valence-electron chi connectivity index (χ3n) is 2.62. The minimum absolute atomic E-state index is 0.282. The first-order valence-corrected chi connectivity index (χ1v) is 7.39. The van der Waals surface area contributed by atoms with Crippen molar-refractivity contribution in [2.45, 2.75) is 19.9 Å². The van der Waals surface area contributed by atoms with Crippen molar-refractivity contribution in [1.82, 2.24) is 0 Å². The van der Waals surface area contributed by atoms with Crippen LogP contribution in [-0.2, 0) is 0 Å². The number of aryl methyl sites for hydroxylation is 1. The number of thiophene rings is 1. The third-order valence-corrected chi connectivity index (χ3v) is 5.22. The van der Waals surface area contributed by atoms with Gasteiger partial charge in [-0.2, -0.15) is 0 Å². The van der Waals surface area contributed by atoms with Crippen LogP contribution in [0.15, 0.2) is 34.1 Å². The summed E-state index contributed by atoms with van der Waals surface area (Å²) in [5.41, 5.74) is 2.35. The first kappa shape index (κ1) is 12.9. The van der Waals surface area contributed by atoms with Crippen molar-refractivity contribution in [2.24, 2.45) is 0 Å². The number of anilines is 1. The number of benzene rings is 1. The summed E-state index contributed by atoms with van der Waals surface area (Å²) in [5, 5.41) is 6.32. The molecule has 2 aromatic rings. The van der Waals surface area contributed by atoms with Crippen LogP contribution in [0.5, 0.6) is 0 Å². The van der Waals surface area contributed by atoms with Crippen LogP contribution in [-0.4, -0.2) is 0 Å². The summed E-state index contributed by atoms with van der Waals surface area (Å²) in [5.74, 6) is 0. The molecule has 1 aromatic heterocycles. The second-order valence-electron chi connectivity index (χ2n) is 3.94. The first-order valence-electron chi connectivity index (χ1n) is 5.34. The Morgan fingerprint density at radius 3 is 2.76 bits per heavy atom. The Bertz CT molecular complexity index is 524. The topological polar surface area (TPSA) is 12.0 Å². The fourth-order valence-electron chi connectivity index (χ4n) is 1.74. The Balaban J connectivity index is 2.22. The minimum Gasteiger partial charge on any atom is -0.377 e. The standard InChI is InChI=1S/C13H13BrClNS/c1-8-6-7-17-13(8)9(2)16-11-5-3-4-10(15)12(11)14/h3-7,9,16H,1-2H3. The summed E-state index contributed by atoms with van der Waals surface area (Å²) in [4.78, 5) is 1.36. The van der Waals surface area contributed by atoms with Crippen LogP contribution >= 0.6 is 38.9 Å². The monoisotopic (exact) mass is 329 g/mol. The fraction of sp³-hybridized carbons (Fsp3) is 0.231. The maximum Gasteiger partial charge on any atom is 0.0593 e. The SMILES string of the molecule is Cc1ccsc1C(C)Nc1cccc(Cl)c1Br. The zero-order valence-electron chi connectivity index (χ0n) is 9.63. The molecule has 1 atom stereocenters. The maximum atomic E-state index is 6.07. The van der Waals surface area contributed by atoms with E-state index in [4.69, 9.17) is 11.6 Å². The molecule has 1 N–H and O–H groups in total. The molecule has 1 nitrogen and oxygen atoms in total. The number of halogens is 2. The molecule has 0 fully saturated rings. The van der Waals surface area contributed by atoms with Crippen molar-refractivity contribution in [1.29, 1.82) is 0 Å². The highest BCUT2D eigenvalue weighted by Gasteiger charge is 2.11. The van der Waals surface area contributed by atoms with E-state index in [1.807, 2.05) is 18.2 Å². The molecule has 90 valence electrons. The third kappa shape index (κ3) is 2.84. The lowest BCUT2D eigenvalue weighted by Gasteiger charge is -2.16. The maximum absolute atomic E-state index is 6.07. The van der Waals surface area contributed by atoms with E-state index in [2.05, 4.69) is 46.5 Å². The highest BCUT2D eigenvalue weighted by molar-refractivity contribution is 9.10. The van der Waals surface area contributed by atoms with Gasteiger partial charge < -0.3 is 5.32 Å². The summed E-state index contributed by atoms with van der Waals surface area (Å²) >= 11 is 11.3. The lowest BCUT2D eigenvalue weighted by atomic mass is 10.2. The average molecular weight is 331 g/mol. The van der Waals surface area contributed by atoms with E-state index in [0.717, 1.165) is 15.2 Å². The smallest absolute Gasteiger partial charge is 0.0593 e. The van der Waals surface area contributed by atoms with E-state index in [0.29, 0.717) is 0 Å². The normalized spacial score (nSPS) is 12.5. The molecule has 4 heteroatoms. The molecule has 0 bridgehead atoms. The number of rotatable bonds is 3. The van der Waals surface area contributed by atoms with E-state index >= 15 is 0 Å². The van der Waals surface area contributed by atoms with Crippen LogP contribution < -0.4 is 5.32 Å². The lowest BCUT2D eigenvalue weighted by molar-refractivity contribution is 0.898. The van der Waals surface area contributed by atoms with Gasteiger partial charge in [0, 0.05) is 4.88 Å². The van der Waals surface area contributed by atoms with Crippen molar-refractivity contribution in [3.63, 3.8) is 0 Å². The van der Waals surface area contributed by atoms with Crippen molar-refractivity contribution < 1.29 is 0 Å². The second kappa shape index (κ2) is 5.42. The van der Waals surface area contributed by atoms with Crippen LogP contribution in [0.1, 0.15) is 23.4 Å². The Labute approximate surface area is 119 Å². The van der Waals surface area contributed by atoms with E-state index in [-0.39, 0.29) is 6.04 Å². The van der Waals surface area contributed by atoms with Crippen LogP contribution in [0.2, 0.25) is 5.02 Å². The van der Waals surface area contributed by atoms with Crippen molar-refractivity contribution in [2.75, 3.05) is 5.32 Å². The number of hydrogen-bond donors (Lipinski definition) is 1. The van der Waals surface area contributed by atoms with E-state index < -0.39 is 0 Å². The van der Waals surface area contributed by atoms with E-state index in [1.165, 1.54) is 10.4 Å². The molecule has 0 radical (unpaired) electrons. The molecule has 0 aliphatic heterocycles. The molecule has 1 aromatic carbocycles. The Hall–Kier alpha value is -0.510. The molecule has 0 aliphatic carbocycles. The fourth-order valence-corrected chi connectivity index (χ4v) is 3.23. The Morgan fingerprint density at radius 1 is 1.35 bits per heavy atom. The van der Waals surface area contributed by atoms with Crippen LogP contribution in [0.3, 0.4) is 0 Å². The van der Waals surface area contributed by atoms with Crippen molar-refractivity contribution >= 4 is 44.6 Å². The quantitative estimate of drug-likeness (QED) is 0.767. The summed E-state index contributed by atoms with van der Waals surface area (Å²) in [6, 6.07) is 8.27. The van der Waals surface area contributed by atoms with Crippen LogP contribution in [0, 0.1) is 6.92 Å². The second-order valence-corrected chi connectivity index (χ2v) is 6.08. The zero-order chi connectivity index (χ0) is 12.4. The summed E-state index contributed by atoms with van der Waals surface area (Å²) in [7, 11) is 0. The largest absolute Gasteiger partial charge is 0.377 e. The van der Waals surface area contributed by atoms with Gasteiger partial charge in [-0.15, -0.1) is 11.3 Å². The number of nitrogens with one attached hydrogen (secondary N) is 1. The molecule has 0 saturated heterocycles. The van der Waals surface area contributed by atoms with Gasteiger partial charge in [-0.3, -0.25) is 0 Å². The zero-order valence-corrected chi connectivity index (χ0v) is 12.8. The highest BCUT2D eigenvalue weighted by atomic mass is 79.9. The molecule has 0 amide bonds. The molecule has 0 aliphatic rings. The average Bonchev–Trinajstić information content (AvgIpc) is 2.71. The molecule has 1 unspecified atom stereocenters. The molecule has 2 rings (SSSR count). The number of hydrogen-bond acceptors (Lipinski definition) is 2. The van der Waals surface area contributed by atoms with Gasteiger partial charge >= 0.3 is 0 Å². The molecule has 1 heterocycles. The summed E-state index contributed by atoms with van der Waals surface area (Å²) in [6.45, 7) is 4.29. The molecule has 0 saturated carbocycles. The van der Waals surface area contributed by atoms with Gasteiger partial charge in [-0.05, 0) is 58.9 Å². The van der Waals surface area contributed by atoms with Crippen LogP contribution in [0.4, 0.5) is 5.69 Å². The molecule has 0 spiro atoms. The molecular weight excluding hydrogens is 318 g/mol. The van der Waals surface area contributed by atoms with Crippen molar-refractivity contribution in [3.8, 4) is 0 Å². The van der Waals surface area contributed by atoms with Gasteiger partial charge in [0.15, 0.2) is 0 Å². The first-order chi connectivity index (χ1) is 8.09. The summed E-state index contributed by atoms with van der Waals surface area (Å²) in [6.07, 6.45) is 0. The van der Waals surface area contributed by atoms with Gasteiger partial charge in [-0.25, -0.2) is 0 Å². The molecule has 17 heavy (non-hydrogen) atoms. The van der Waals surface area contributed by atoms with E-state index in [1.54, 1.807) is 11.3 Å². The van der Waals surface area contributed by atoms with Gasteiger partial charge in [0.2, 0.25) is 0 Å². The lowest BCUT2D eigenvalue weighted by Crippen LogP contribution is -2.06.